The number of aryl methyl sites for hydroxylation is 1. The largest absolute Gasteiger partial charge is 0.494 e. The van der Waals surface area contributed by atoms with E-state index in [1.54, 1.807) is 0 Å². The molecule has 0 radical (unpaired) electrons. The summed E-state index contributed by atoms with van der Waals surface area (Å²) in [6, 6.07) is 8.11. The smallest absolute Gasteiger partial charge is 0.159 e. The Morgan fingerprint density at radius 1 is 0.760 bits per heavy atom. The standard InChI is InChI=1S/C22H32N2O/c1-3-5-7-8-9-10-16-25-21-14-12-20(13-15-21)22-23-17-19(18-24-22)11-6-4-2/h12-15,17-18H,3-11,16H2,1-2H3. The van der Waals surface area contributed by atoms with Gasteiger partial charge in [-0.05, 0) is 49.1 Å². The molecule has 0 bridgehead atoms. The van der Waals surface area contributed by atoms with E-state index in [4.69, 9.17) is 4.74 Å². The first kappa shape index (κ1) is 19.4. The van der Waals surface area contributed by atoms with Crippen LogP contribution in [0.3, 0.4) is 0 Å². The second-order valence-corrected chi connectivity index (χ2v) is 6.66. The van der Waals surface area contributed by atoms with E-state index in [2.05, 4.69) is 23.8 Å². The SMILES string of the molecule is CCCCCCCCOc1ccc(-c2ncc(CCCC)cn2)cc1. The quantitative estimate of drug-likeness (QED) is 0.430. The Labute approximate surface area is 152 Å². The average molecular weight is 341 g/mol. The van der Waals surface area contributed by atoms with E-state index >= 15 is 0 Å². The van der Waals surface area contributed by atoms with Crippen LogP contribution in [0.1, 0.15) is 70.8 Å². The van der Waals surface area contributed by atoms with Crippen molar-refractivity contribution >= 4 is 0 Å². The van der Waals surface area contributed by atoms with Gasteiger partial charge in [-0.2, -0.15) is 0 Å². The molecule has 3 heteroatoms. The summed E-state index contributed by atoms with van der Waals surface area (Å²) in [4.78, 5) is 8.98. The highest BCUT2D eigenvalue weighted by atomic mass is 16.5. The van der Waals surface area contributed by atoms with Crippen LogP contribution in [-0.4, -0.2) is 16.6 Å². The molecule has 0 atom stereocenters. The average Bonchev–Trinajstić information content (AvgIpc) is 2.66. The van der Waals surface area contributed by atoms with Crippen molar-refractivity contribution in [3.05, 3.63) is 42.2 Å². The minimum atomic E-state index is 0.780. The summed E-state index contributed by atoms with van der Waals surface area (Å²) in [7, 11) is 0. The third-order valence-corrected chi connectivity index (χ3v) is 4.40. The van der Waals surface area contributed by atoms with Crippen molar-refractivity contribution in [1.29, 1.82) is 0 Å². The van der Waals surface area contributed by atoms with Gasteiger partial charge in [0, 0.05) is 18.0 Å². The Balaban J connectivity index is 1.75. The predicted molar refractivity (Wildman–Crippen MR) is 105 cm³/mol. The molecule has 0 spiro atoms. The Hall–Kier alpha value is -1.90. The van der Waals surface area contributed by atoms with Gasteiger partial charge in [-0.3, -0.25) is 0 Å². The molecule has 2 aromatic rings. The highest BCUT2D eigenvalue weighted by molar-refractivity contribution is 5.55. The monoisotopic (exact) mass is 340 g/mol. The molecule has 0 unspecified atom stereocenters. The summed E-state index contributed by atoms with van der Waals surface area (Å²) in [5, 5.41) is 0. The minimum absolute atomic E-state index is 0.780. The number of ether oxygens (including phenoxy) is 1. The molecule has 1 heterocycles. The summed E-state index contributed by atoms with van der Waals surface area (Å²) >= 11 is 0. The van der Waals surface area contributed by atoms with Gasteiger partial charge in [0.1, 0.15) is 5.75 Å². The second-order valence-electron chi connectivity index (χ2n) is 6.66. The molecule has 0 aliphatic carbocycles. The molecule has 3 nitrogen and oxygen atoms in total. The molecule has 0 N–H and O–H groups in total. The lowest BCUT2D eigenvalue weighted by Crippen LogP contribution is -1.97. The maximum absolute atomic E-state index is 5.83. The van der Waals surface area contributed by atoms with E-state index in [0.717, 1.165) is 36.6 Å². The first-order valence-electron chi connectivity index (χ1n) is 9.87. The van der Waals surface area contributed by atoms with Gasteiger partial charge in [-0.15, -0.1) is 0 Å². The molecular formula is C22H32N2O. The van der Waals surface area contributed by atoms with Crippen LogP contribution in [0.5, 0.6) is 5.75 Å². The number of unbranched alkanes of at least 4 members (excludes halogenated alkanes) is 6. The lowest BCUT2D eigenvalue weighted by molar-refractivity contribution is 0.304. The van der Waals surface area contributed by atoms with Crippen molar-refractivity contribution in [2.24, 2.45) is 0 Å². The van der Waals surface area contributed by atoms with E-state index in [0.29, 0.717) is 0 Å². The second kappa shape index (κ2) is 11.6. The summed E-state index contributed by atoms with van der Waals surface area (Å²) in [5.74, 6) is 1.71. The summed E-state index contributed by atoms with van der Waals surface area (Å²) in [6.07, 6.45) is 15.0. The fraction of sp³-hybridized carbons (Fsp3) is 0.545. The molecule has 0 saturated carbocycles. The van der Waals surface area contributed by atoms with Gasteiger partial charge in [0.25, 0.3) is 0 Å². The van der Waals surface area contributed by atoms with Crippen LogP contribution in [0, 0.1) is 0 Å². The maximum Gasteiger partial charge on any atom is 0.159 e. The third-order valence-electron chi connectivity index (χ3n) is 4.40. The molecule has 0 fully saturated rings. The molecule has 0 amide bonds. The minimum Gasteiger partial charge on any atom is -0.494 e. The van der Waals surface area contributed by atoms with Crippen LogP contribution in [0.2, 0.25) is 0 Å². The zero-order valence-corrected chi connectivity index (χ0v) is 15.8. The van der Waals surface area contributed by atoms with Crippen molar-refractivity contribution < 1.29 is 4.74 Å². The number of aromatic nitrogens is 2. The summed E-state index contributed by atoms with van der Waals surface area (Å²) in [5.41, 5.74) is 2.25. The molecular weight excluding hydrogens is 308 g/mol. The fourth-order valence-corrected chi connectivity index (χ4v) is 2.79. The Bertz CT molecular complexity index is 578. The molecule has 25 heavy (non-hydrogen) atoms. The number of benzene rings is 1. The first-order valence-corrected chi connectivity index (χ1v) is 9.87. The zero-order chi connectivity index (χ0) is 17.7. The number of hydrogen-bond acceptors (Lipinski definition) is 3. The maximum atomic E-state index is 5.83. The molecule has 0 aliphatic rings. The van der Waals surface area contributed by atoms with Crippen molar-refractivity contribution in [3.63, 3.8) is 0 Å². The normalized spacial score (nSPS) is 10.8. The zero-order valence-electron chi connectivity index (χ0n) is 15.8. The van der Waals surface area contributed by atoms with E-state index < -0.39 is 0 Å². The van der Waals surface area contributed by atoms with Gasteiger partial charge in [0.05, 0.1) is 6.61 Å². The van der Waals surface area contributed by atoms with Crippen LogP contribution >= 0.6 is 0 Å². The number of hydrogen-bond donors (Lipinski definition) is 0. The first-order chi connectivity index (χ1) is 12.3. The summed E-state index contributed by atoms with van der Waals surface area (Å²) < 4.78 is 5.83. The lowest BCUT2D eigenvalue weighted by atomic mass is 10.1. The van der Waals surface area contributed by atoms with Gasteiger partial charge >= 0.3 is 0 Å². The van der Waals surface area contributed by atoms with Crippen molar-refractivity contribution in [3.8, 4) is 17.1 Å². The van der Waals surface area contributed by atoms with Gasteiger partial charge in [0.2, 0.25) is 0 Å². The van der Waals surface area contributed by atoms with E-state index in [1.807, 2.05) is 36.7 Å². The Kier molecular flexibility index (Phi) is 9.03. The fourth-order valence-electron chi connectivity index (χ4n) is 2.79. The van der Waals surface area contributed by atoms with Crippen LogP contribution in [0.25, 0.3) is 11.4 Å². The van der Waals surface area contributed by atoms with Gasteiger partial charge in [0.15, 0.2) is 5.82 Å². The van der Waals surface area contributed by atoms with Crippen LogP contribution in [-0.2, 0) is 6.42 Å². The van der Waals surface area contributed by atoms with Gasteiger partial charge in [-0.25, -0.2) is 9.97 Å². The molecule has 1 aromatic carbocycles. The van der Waals surface area contributed by atoms with E-state index in [1.165, 1.54) is 50.5 Å². The highest BCUT2D eigenvalue weighted by Gasteiger charge is 2.02. The Morgan fingerprint density at radius 2 is 1.40 bits per heavy atom. The molecule has 0 aliphatic heterocycles. The molecule has 0 saturated heterocycles. The number of rotatable bonds is 12. The van der Waals surface area contributed by atoms with Gasteiger partial charge in [-0.1, -0.05) is 52.4 Å². The van der Waals surface area contributed by atoms with E-state index in [9.17, 15) is 0 Å². The van der Waals surface area contributed by atoms with Crippen molar-refractivity contribution in [2.75, 3.05) is 6.61 Å². The van der Waals surface area contributed by atoms with Crippen LogP contribution < -0.4 is 4.74 Å². The lowest BCUT2D eigenvalue weighted by Gasteiger charge is -2.07. The summed E-state index contributed by atoms with van der Waals surface area (Å²) in [6.45, 7) is 5.25. The van der Waals surface area contributed by atoms with Crippen molar-refractivity contribution in [1.82, 2.24) is 9.97 Å². The van der Waals surface area contributed by atoms with E-state index in [-0.39, 0.29) is 0 Å². The van der Waals surface area contributed by atoms with Crippen LogP contribution in [0.15, 0.2) is 36.7 Å². The highest BCUT2D eigenvalue weighted by Crippen LogP contribution is 2.20. The Morgan fingerprint density at radius 3 is 2.08 bits per heavy atom. The third kappa shape index (κ3) is 7.25. The van der Waals surface area contributed by atoms with Crippen molar-refractivity contribution in [2.45, 2.75) is 71.6 Å². The molecule has 1 aromatic heterocycles. The van der Waals surface area contributed by atoms with Gasteiger partial charge < -0.3 is 4.74 Å². The number of nitrogens with zero attached hydrogens (tertiary/aromatic N) is 2. The predicted octanol–water partition coefficient (Wildman–Crippen LogP) is 6.23. The van der Waals surface area contributed by atoms with Crippen LogP contribution in [0.4, 0.5) is 0 Å². The molecule has 136 valence electrons. The molecule has 2 rings (SSSR count). The topological polar surface area (TPSA) is 35.0 Å².